The second kappa shape index (κ2) is 6.39. The molecule has 1 atom stereocenters. The van der Waals surface area contributed by atoms with Crippen LogP contribution >= 0.6 is 11.6 Å². The molecule has 22 heavy (non-hydrogen) atoms. The van der Waals surface area contributed by atoms with E-state index in [0.717, 1.165) is 19.4 Å². The van der Waals surface area contributed by atoms with Gasteiger partial charge in [-0.3, -0.25) is 10.1 Å². The quantitative estimate of drug-likeness (QED) is 0.662. The predicted molar refractivity (Wildman–Crippen MR) is 85.8 cm³/mol. The molecule has 0 aliphatic carbocycles. The third kappa shape index (κ3) is 4.08. The van der Waals surface area contributed by atoms with E-state index in [1.807, 2.05) is 4.90 Å². The molecule has 1 aliphatic heterocycles. The number of nitrogens with two attached hydrogens (primary N) is 1. The van der Waals surface area contributed by atoms with Crippen molar-refractivity contribution in [2.24, 2.45) is 11.1 Å². The maximum absolute atomic E-state index is 11.2. The minimum absolute atomic E-state index is 0.0214. The lowest BCUT2D eigenvalue weighted by atomic mass is 9.99. The number of benzene rings is 1. The number of piperidine rings is 1. The van der Waals surface area contributed by atoms with Crippen LogP contribution in [-0.2, 0) is 10.0 Å². The van der Waals surface area contributed by atoms with Crippen molar-refractivity contribution in [1.29, 1.82) is 0 Å². The first-order valence-electron chi connectivity index (χ1n) is 6.87. The average molecular weight is 348 g/mol. The van der Waals surface area contributed by atoms with Crippen molar-refractivity contribution in [2.45, 2.75) is 19.8 Å². The van der Waals surface area contributed by atoms with Crippen LogP contribution in [0.5, 0.6) is 0 Å². The third-order valence-corrected chi connectivity index (χ3v) is 5.03. The molecule has 1 aromatic carbocycles. The smallest absolute Gasteiger partial charge is 0.273 e. The Kier molecular flexibility index (Phi) is 4.93. The van der Waals surface area contributed by atoms with Gasteiger partial charge in [0.1, 0.15) is 0 Å². The summed E-state index contributed by atoms with van der Waals surface area (Å²) >= 11 is 6.17. The number of primary sulfonamides is 1. The summed E-state index contributed by atoms with van der Waals surface area (Å²) in [5.41, 5.74) is 1.20. The van der Waals surface area contributed by atoms with Gasteiger partial charge in [-0.25, -0.2) is 13.6 Å². The fraction of sp³-hybridized carbons (Fsp3) is 0.538. The Balaban J connectivity index is 2.24. The number of anilines is 1. The minimum Gasteiger partial charge on any atom is -0.370 e. The predicted octanol–water partition coefficient (Wildman–Crippen LogP) is 2.06. The van der Waals surface area contributed by atoms with Crippen LogP contribution in [0, 0.1) is 23.0 Å². The Hall–Kier alpha value is -1.38. The van der Waals surface area contributed by atoms with E-state index in [1.54, 1.807) is 13.0 Å². The Bertz CT molecular complexity index is 693. The minimum atomic E-state index is -3.51. The summed E-state index contributed by atoms with van der Waals surface area (Å²) in [6.07, 6.45) is 1.61. The van der Waals surface area contributed by atoms with Gasteiger partial charge in [0.2, 0.25) is 10.0 Å². The number of rotatable bonds is 4. The molecule has 1 fully saturated rings. The summed E-state index contributed by atoms with van der Waals surface area (Å²) in [4.78, 5) is 12.4. The molecule has 7 nitrogen and oxygen atoms in total. The third-order valence-electron chi connectivity index (χ3n) is 3.79. The Labute approximate surface area is 134 Å². The monoisotopic (exact) mass is 347 g/mol. The number of aryl methyl sites for hydroxylation is 1. The summed E-state index contributed by atoms with van der Waals surface area (Å²) in [6, 6.07) is 3.02. The highest BCUT2D eigenvalue weighted by molar-refractivity contribution is 7.89. The molecule has 0 saturated carbocycles. The second-order valence-electron chi connectivity index (χ2n) is 5.63. The molecule has 0 aromatic heterocycles. The van der Waals surface area contributed by atoms with Crippen LogP contribution in [0.4, 0.5) is 11.4 Å². The van der Waals surface area contributed by atoms with Gasteiger partial charge in [-0.15, -0.1) is 0 Å². The zero-order valence-corrected chi connectivity index (χ0v) is 13.7. The number of halogens is 1. The first-order chi connectivity index (χ1) is 10.2. The first kappa shape index (κ1) is 17.0. The number of nitro benzene ring substituents is 1. The van der Waals surface area contributed by atoms with Crippen LogP contribution in [0.15, 0.2) is 12.1 Å². The van der Waals surface area contributed by atoms with Gasteiger partial charge in [-0.2, -0.15) is 0 Å². The molecule has 1 unspecified atom stereocenters. The number of nitrogens with zero attached hydrogens (tertiary/aromatic N) is 2. The normalized spacial score (nSPS) is 19.2. The van der Waals surface area contributed by atoms with Crippen molar-refractivity contribution in [3.05, 3.63) is 32.8 Å². The Morgan fingerprint density at radius 2 is 2.18 bits per heavy atom. The molecule has 0 amide bonds. The van der Waals surface area contributed by atoms with E-state index in [2.05, 4.69) is 0 Å². The molecule has 0 radical (unpaired) electrons. The van der Waals surface area contributed by atoms with Crippen molar-refractivity contribution < 1.29 is 13.3 Å². The van der Waals surface area contributed by atoms with Gasteiger partial charge in [0.25, 0.3) is 5.69 Å². The Morgan fingerprint density at radius 3 is 2.77 bits per heavy atom. The fourth-order valence-corrected chi connectivity index (χ4v) is 4.05. The molecule has 9 heteroatoms. The van der Waals surface area contributed by atoms with Gasteiger partial charge in [-0.1, -0.05) is 11.6 Å². The topological polar surface area (TPSA) is 107 Å². The maximum Gasteiger partial charge on any atom is 0.273 e. The van der Waals surface area contributed by atoms with E-state index in [0.29, 0.717) is 22.8 Å². The van der Waals surface area contributed by atoms with Gasteiger partial charge in [0, 0.05) is 24.7 Å². The summed E-state index contributed by atoms with van der Waals surface area (Å²) in [6.45, 7) is 2.91. The molecule has 2 rings (SSSR count). The molecule has 1 aromatic rings. The van der Waals surface area contributed by atoms with Crippen molar-refractivity contribution >= 4 is 33.0 Å². The number of hydrogen-bond donors (Lipinski definition) is 1. The lowest BCUT2D eigenvalue weighted by molar-refractivity contribution is -0.385. The second-order valence-corrected chi connectivity index (χ2v) is 7.70. The molecular formula is C13H18ClN3O4S. The largest absolute Gasteiger partial charge is 0.370 e. The number of sulfonamides is 1. The zero-order valence-electron chi connectivity index (χ0n) is 12.2. The van der Waals surface area contributed by atoms with Crippen molar-refractivity contribution in [2.75, 3.05) is 23.7 Å². The van der Waals surface area contributed by atoms with Crippen LogP contribution in [0.25, 0.3) is 0 Å². The van der Waals surface area contributed by atoms with Gasteiger partial charge in [0.05, 0.1) is 21.4 Å². The zero-order chi connectivity index (χ0) is 16.5. The van der Waals surface area contributed by atoms with Crippen LogP contribution in [-0.4, -0.2) is 32.2 Å². The molecule has 1 heterocycles. The standard InChI is InChI=1S/C13H18ClN3O4S/c1-9-5-13(11(14)6-12(9)17(18)19)16-4-2-3-10(7-16)8-22(15,20)21/h5-6,10H,2-4,7-8H2,1H3,(H2,15,20,21). The molecule has 2 N–H and O–H groups in total. The highest BCUT2D eigenvalue weighted by atomic mass is 35.5. The van der Waals surface area contributed by atoms with Crippen LogP contribution in [0.3, 0.4) is 0 Å². The van der Waals surface area contributed by atoms with Gasteiger partial charge < -0.3 is 4.90 Å². The van der Waals surface area contributed by atoms with Gasteiger partial charge >= 0.3 is 0 Å². The average Bonchev–Trinajstić information content (AvgIpc) is 2.39. The molecule has 0 spiro atoms. The van der Waals surface area contributed by atoms with E-state index in [4.69, 9.17) is 16.7 Å². The lowest BCUT2D eigenvalue weighted by Gasteiger charge is -2.34. The Morgan fingerprint density at radius 1 is 1.50 bits per heavy atom. The van der Waals surface area contributed by atoms with E-state index < -0.39 is 14.9 Å². The summed E-state index contributed by atoms with van der Waals surface area (Å²) in [5, 5.41) is 16.3. The van der Waals surface area contributed by atoms with Gasteiger partial charge in [0.15, 0.2) is 0 Å². The number of nitro groups is 1. The summed E-state index contributed by atoms with van der Waals surface area (Å²) in [5.74, 6) is -0.122. The first-order valence-corrected chi connectivity index (χ1v) is 8.96. The van der Waals surface area contributed by atoms with Crippen LogP contribution in [0.1, 0.15) is 18.4 Å². The molecule has 122 valence electrons. The highest BCUT2D eigenvalue weighted by Gasteiger charge is 2.26. The van der Waals surface area contributed by atoms with Crippen LogP contribution in [0.2, 0.25) is 5.02 Å². The highest BCUT2D eigenvalue weighted by Crippen LogP contribution is 2.35. The lowest BCUT2D eigenvalue weighted by Crippen LogP contribution is -2.39. The van der Waals surface area contributed by atoms with E-state index in [9.17, 15) is 18.5 Å². The van der Waals surface area contributed by atoms with E-state index >= 15 is 0 Å². The summed E-state index contributed by atoms with van der Waals surface area (Å²) < 4.78 is 22.5. The van der Waals surface area contributed by atoms with E-state index in [-0.39, 0.29) is 17.4 Å². The fourth-order valence-electron chi connectivity index (χ4n) is 2.84. The summed E-state index contributed by atoms with van der Waals surface area (Å²) in [7, 11) is -3.51. The maximum atomic E-state index is 11.2. The molecule has 1 saturated heterocycles. The van der Waals surface area contributed by atoms with Crippen LogP contribution < -0.4 is 10.0 Å². The van der Waals surface area contributed by atoms with Gasteiger partial charge in [-0.05, 0) is 31.7 Å². The molecular weight excluding hydrogens is 330 g/mol. The molecule has 0 bridgehead atoms. The number of hydrogen-bond acceptors (Lipinski definition) is 5. The van der Waals surface area contributed by atoms with Crippen molar-refractivity contribution in [3.8, 4) is 0 Å². The molecule has 1 aliphatic rings. The SMILES string of the molecule is Cc1cc(N2CCCC(CS(N)(=O)=O)C2)c(Cl)cc1[N+](=O)[O-]. The van der Waals surface area contributed by atoms with Crippen molar-refractivity contribution in [3.63, 3.8) is 0 Å². The van der Waals surface area contributed by atoms with E-state index in [1.165, 1.54) is 6.07 Å². The van der Waals surface area contributed by atoms with Crippen molar-refractivity contribution in [1.82, 2.24) is 0 Å².